The molecule has 7 heteroatoms. The monoisotopic (exact) mass is 452 g/mol. The van der Waals surface area contributed by atoms with Gasteiger partial charge in [0.05, 0.1) is 23.2 Å². The Hall–Kier alpha value is -3.81. The Kier molecular flexibility index (Phi) is 5.11. The summed E-state index contributed by atoms with van der Waals surface area (Å²) in [5.41, 5.74) is 18.0. The van der Waals surface area contributed by atoms with Crippen molar-refractivity contribution < 1.29 is 5.11 Å². The summed E-state index contributed by atoms with van der Waals surface area (Å²) in [5, 5.41) is 14.6. The van der Waals surface area contributed by atoms with Crippen molar-refractivity contribution in [2.75, 3.05) is 5.73 Å². The lowest BCUT2D eigenvalue weighted by atomic mass is 9.63. The number of hydrogen-bond donors (Lipinski definition) is 3. The fourth-order valence-corrected chi connectivity index (χ4v) is 4.82. The maximum absolute atomic E-state index is 10.2. The van der Waals surface area contributed by atoms with Crippen LogP contribution in [0.5, 0.6) is 0 Å². The largest absolute Gasteiger partial charge is 0.390 e. The van der Waals surface area contributed by atoms with Crippen molar-refractivity contribution in [3.63, 3.8) is 0 Å². The van der Waals surface area contributed by atoms with Crippen LogP contribution in [0.1, 0.15) is 42.1 Å². The first-order valence-electron chi connectivity index (χ1n) is 11.2. The molecule has 0 amide bonds. The Morgan fingerprint density at radius 2 is 1.76 bits per heavy atom. The van der Waals surface area contributed by atoms with E-state index < -0.39 is 11.1 Å². The zero-order valence-corrected chi connectivity index (χ0v) is 19.4. The third kappa shape index (κ3) is 3.89. The van der Waals surface area contributed by atoms with E-state index >= 15 is 0 Å². The van der Waals surface area contributed by atoms with Crippen molar-refractivity contribution in [1.29, 1.82) is 0 Å². The number of anilines is 1. The molecule has 1 saturated carbocycles. The standard InChI is InChI=1S/C27H28N6O/c1-17-13-23-30-14-22(25(28)33(23)32-17)31-24(20-7-5-4-6-8-20)18(2)19-9-11-21(12-10-19)27(29)15-26(3,34)16-27/h4-14,34H,2,15-16,28-29H2,1,3H3. The zero-order valence-electron chi connectivity index (χ0n) is 19.4. The van der Waals surface area contributed by atoms with Crippen LogP contribution in [0.15, 0.2) is 78.4 Å². The minimum Gasteiger partial charge on any atom is -0.390 e. The Labute approximate surface area is 198 Å². The highest BCUT2D eigenvalue weighted by Crippen LogP contribution is 2.46. The van der Waals surface area contributed by atoms with Gasteiger partial charge in [0.1, 0.15) is 5.69 Å². The molecule has 0 unspecified atom stereocenters. The third-order valence-corrected chi connectivity index (χ3v) is 6.39. The van der Waals surface area contributed by atoms with Crippen LogP contribution in [-0.4, -0.2) is 31.0 Å². The highest BCUT2D eigenvalue weighted by atomic mass is 16.3. The van der Waals surface area contributed by atoms with Crippen molar-refractivity contribution in [2.24, 2.45) is 10.7 Å². The molecule has 0 bridgehead atoms. The molecule has 1 fully saturated rings. The summed E-state index contributed by atoms with van der Waals surface area (Å²) in [6, 6.07) is 19.7. The number of fused-ring (bicyclic) bond motifs is 1. The Balaban J connectivity index is 1.53. The predicted octanol–water partition coefficient (Wildman–Crippen LogP) is 4.15. The minimum atomic E-state index is -0.702. The smallest absolute Gasteiger partial charge is 0.157 e. The number of aromatic nitrogens is 3. The topological polar surface area (TPSA) is 115 Å². The van der Waals surface area contributed by atoms with E-state index in [0.29, 0.717) is 35.7 Å². The number of hydrogen-bond acceptors (Lipinski definition) is 6. The SMILES string of the molecule is C=C(C(=Nc1cnc2cc(C)nn2c1N)c1ccccc1)c1ccc(C2(N)CC(C)(O)C2)cc1. The molecule has 0 atom stereocenters. The van der Waals surface area contributed by atoms with Gasteiger partial charge in [0.15, 0.2) is 11.5 Å². The maximum atomic E-state index is 10.2. The number of aliphatic hydroxyl groups is 1. The number of nitrogen functional groups attached to an aromatic ring is 1. The summed E-state index contributed by atoms with van der Waals surface area (Å²) in [6.07, 6.45) is 2.74. The number of aryl methyl sites for hydroxylation is 1. The van der Waals surface area contributed by atoms with E-state index in [9.17, 15) is 5.11 Å². The number of aliphatic imine (C=N–C) groups is 1. The van der Waals surface area contributed by atoms with Gasteiger partial charge in [0.25, 0.3) is 0 Å². The summed E-state index contributed by atoms with van der Waals surface area (Å²) < 4.78 is 1.60. The van der Waals surface area contributed by atoms with Crippen LogP contribution in [0.4, 0.5) is 11.5 Å². The van der Waals surface area contributed by atoms with Gasteiger partial charge in [-0.15, -0.1) is 0 Å². The first-order valence-corrected chi connectivity index (χ1v) is 11.2. The van der Waals surface area contributed by atoms with E-state index in [0.717, 1.165) is 28.0 Å². The Morgan fingerprint density at radius 1 is 1.09 bits per heavy atom. The molecule has 0 saturated heterocycles. The molecule has 1 aliphatic rings. The lowest BCUT2D eigenvalue weighted by molar-refractivity contribution is -0.0738. The molecule has 2 heterocycles. The average Bonchev–Trinajstić information content (AvgIpc) is 3.19. The highest BCUT2D eigenvalue weighted by Gasteiger charge is 2.49. The number of nitrogens with zero attached hydrogens (tertiary/aromatic N) is 4. The predicted molar refractivity (Wildman–Crippen MR) is 136 cm³/mol. The average molecular weight is 453 g/mol. The van der Waals surface area contributed by atoms with Crippen LogP contribution < -0.4 is 11.5 Å². The van der Waals surface area contributed by atoms with E-state index in [1.165, 1.54) is 0 Å². The van der Waals surface area contributed by atoms with Gasteiger partial charge in [0, 0.05) is 22.7 Å². The maximum Gasteiger partial charge on any atom is 0.157 e. The molecule has 1 aliphatic carbocycles. The molecule has 172 valence electrons. The Bertz CT molecular complexity index is 1410. The summed E-state index contributed by atoms with van der Waals surface area (Å²) >= 11 is 0. The van der Waals surface area contributed by atoms with Gasteiger partial charge in [-0.25, -0.2) is 9.98 Å². The molecule has 2 aromatic heterocycles. The van der Waals surface area contributed by atoms with E-state index in [1.54, 1.807) is 10.7 Å². The van der Waals surface area contributed by atoms with Crippen LogP contribution in [0.2, 0.25) is 0 Å². The van der Waals surface area contributed by atoms with Gasteiger partial charge in [-0.2, -0.15) is 9.61 Å². The minimum absolute atomic E-state index is 0.414. The first-order chi connectivity index (χ1) is 16.2. The van der Waals surface area contributed by atoms with Gasteiger partial charge in [-0.05, 0) is 37.8 Å². The second kappa shape index (κ2) is 7.90. The van der Waals surface area contributed by atoms with Crippen LogP contribution in [0.3, 0.4) is 0 Å². The molecule has 0 spiro atoms. The second-order valence-electron chi connectivity index (χ2n) is 9.47. The van der Waals surface area contributed by atoms with E-state index in [-0.39, 0.29) is 0 Å². The molecular formula is C27H28N6O. The van der Waals surface area contributed by atoms with Crippen molar-refractivity contribution in [2.45, 2.75) is 37.8 Å². The number of nitrogens with two attached hydrogens (primary N) is 2. The molecule has 5 N–H and O–H groups in total. The van der Waals surface area contributed by atoms with Crippen LogP contribution >= 0.6 is 0 Å². The molecule has 5 rings (SSSR count). The normalized spacial score (nSPS) is 22.5. The summed E-state index contributed by atoms with van der Waals surface area (Å²) in [4.78, 5) is 9.35. The fraction of sp³-hybridized carbons (Fsp3) is 0.222. The molecule has 7 nitrogen and oxygen atoms in total. The molecule has 4 aromatic rings. The highest BCUT2D eigenvalue weighted by molar-refractivity contribution is 6.32. The zero-order chi connectivity index (χ0) is 24.1. The number of benzene rings is 2. The lowest BCUT2D eigenvalue weighted by Gasteiger charge is -2.49. The summed E-state index contributed by atoms with van der Waals surface area (Å²) in [7, 11) is 0. The summed E-state index contributed by atoms with van der Waals surface area (Å²) in [5.74, 6) is 0.414. The van der Waals surface area contributed by atoms with E-state index in [2.05, 4.69) is 16.7 Å². The van der Waals surface area contributed by atoms with Crippen molar-refractivity contribution in [1.82, 2.24) is 14.6 Å². The first kappa shape index (κ1) is 22.0. The summed E-state index contributed by atoms with van der Waals surface area (Å²) in [6.45, 7) is 8.07. The fourth-order valence-electron chi connectivity index (χ4n) is 4.82. The van der Waals surface area contributed by atoms with Gasteiger partial charge in [-0.3, -0.25) is 0 Å². The van der Waals surface area contributed by atoms with Gasteiger partial charge >= 0.3 is 0 Å². The van der Waals surface area contributed by atoms with Gasteiger partial charge in [-0.1, -0.05) is 61.2 Å². The van der Waals surface area contributed by atoms with Crippen LogP contribution in [0.25, 0.3) is 11.2 Å². The molecule has 34 heavy (non-hydrogen) atoms. The number of allylic oxidation sites excluding steroid dienone is 1. The quantitative estimate of drug-likeness (QED) is 0.394. The van der Waals surface area contributed by atoms with Gasteiger partial charge < -0.3 is 16.6 Å². The van der Waals surface area contributed by atoms with Crippen LogP contribution in [0, 0.1) is 6.92 Å². The third-order valence-electron chi connectivity index (χ3n) is 6.39. The molecule has 0 aliphatic heterocycles. The van der Waals surface area contributed by atoms with E-state index in [4.69, 9.17) is 16.5 Å². The van der Waals surface area contributed by atoms with Crippen LogP contribution in [-0.2, 0) is 5.54 Å². The van der Waals surface area contributed by atoms with Crippen molar-refractivity contribution >= 4 is 28.4 Å². The Morgan fingerprint density at radius 3 is 2.41 bits per heavy atom. The van der Waals surface area contributed by atoms with Crippen molar-refractivity contribution in [3.05, 3.63) is 95.8 Å². The molecule has 0 radical (unpaired) electrons. The lowest BCUT2D eigenvalue weighted by Crippen LogP contribution is -2.58. The molecular weight excluding hydrogens is 424 g/mol. The second-order valence-corrected chi connectivity index (χ2v) is 9.47. The number of rotatable bonds is 5. The van der Waals surface area contributed by atoms with E-state index in [1.807, 2.05) is 74.5 Å². The molecule has 2 aromatic carbocycles. The van der Waals surface area contributed by atoms with Gasteiger partial charge in [0.2, 0.25) is 0 Å². The van der Waals surface area contributed by atoms with Crippen molar-refractivity contribution in [3.8, 4) is 0 Å².